The highest BCUT2D eigenvalue weighted by Gasteiger charge is 2.14. The van der Waals surface area contributed by atoms with E-state index >= 15 is 0 Å². The van der Waals surface area contributed by atoms with Crippen molar-refractivity contribution in [1.82, 2.24) is 5.43 Å². The van der Waals surface area contributed by atoms with Gasteiger partial charge < -0.3 is 9.47 Å². The van der Waals surface area contributed by atoms with Gasteiger partial charge in [0.1, 0.15) is 13.2 Å². The highest BCUT2D eigenvalue weighted by Crippen LogP contribution is 2.32. The summed E-state index contributed by atoms with van der Waals surface area (Å²) in [6, 6.07) is 15.6. The van der Waals surface area contributed by atoms with Crippen molar-refractivity contribution in [1.29, 1.82) is 0 Å². The third-order valence-corrected chi connectivity index (χ3v) is 4.34. The molecular formula is C18H18N2O3S. The van der Waals surface area contributed by atoms with Crippen LogP contribution in [0.2, 0.25) is 0 Å². The average Bonchev–Trinajstić information content (AvgIpc) is 2.63. The zero-order valence-corrected chi connectivity index (χ0v) is 13.9. The van der Waals surface area contributed by atoms with Crippen LogP contribution in [0.4, 0.5) is 0 Å². The van der Waals surface area contributed by atoms with Crippen LogP contribution in [0.3, 0.4) is 0 Å². The van der Waals surface area contributed by atoms with Crippen LogP contribution in [0.1, 0.15) is 11.1 Å². The van der Waals surface area contributed by atoms with E-state index in [1.54, 1.807) is 18.0 Å². The zero-order chi connectivity index (χ0) is 16.6. The third kappa shape index (κ3) is 4.52. The van der Waals surface area contributed by atoms with Crippen LogP contribution >= 0.6 is 11.8 Å². The average molecular weight is 342 g/mol. The molecule has 0 radical (unpaired) electrons. The number of hydrogen-bond acceptors (Lipinski definition) is 5. The number of amides is 1. The summed E-state index contributed by atoms with van der Waals surface area (Å²) in [7, 11) is 0. The Bertz CT molecular complexity index is 719. The van der Waals surface area contributed by atoms with Crippen LogP contribution in [0.5, 0.6) is 11.5 Å². The summed E-state index contributed by atoms with van der Waals surface area (Å²) in [5.41, 5.74) is 4.52. The van der Waals surface area contributed by atoms with E-state index in [1.165, 1.54) is 5.56 Å². The van der Waals surface area contributed by atoms with E-state index < -0.39 is 0 Å². The number of thioether (sulfide) groups is 1. The fourth-order valence-corrected chi connectivity index (χ4v) is 3.02. The zero-order valence-electron chi connectivity index (χ0n) is 13.1. The Hall–Kier alpha value is -2.47. The fraction of sp³-hybridized carbons (Fsp3) is 0.222. The van der Waals surface area contributed by atoms with Crippen molar-refractivity contribution in [3.8, 4) is 11.5 Å². The molecule has 1 heterocycles. The first-order valence-corrected chi connectivity index (χ1v) is 8.80. The number of rotatable bonds is 6. The van der Waals surface area contributed by atoms with E-state index in [2.05, 4.69) is 10.5 Å². The van der Waals surface area contributed by atoms with E-state index in [-0.39, 0.29) is 5.91 Å². The Morgan fingerprint density at radius 3 is 2.83 bits per heavy atom. The number of nitrogens with one attached hydrogen (secondary N) is 1. The molecule has 5 nitrogen and oxygen atoms in total. The molecule has 0 fully saturated rings. The van der Waals surface area contributed by atoms with Crippen LogP contribution in [-0.2, 0) is 10.5 Å². The predicted molar refractivity (Wildman–Crippen MR) is 95.8 cm³/mol. The Morgan fingerprint density at radius 2 is 1.96 bits per heavy atom. The molecule has 6 heteroatoms. The molecule has 0 spiro atoms. The monoisotopic (exact) mass is 342 g/mol. The molecule has 0 bridgehead atoms. The lowest BCUT2D eigenvalue weighted by Gasteiger charge is -2.19. The molecule has 0 saturated carbocycles. The number of ether oxygens (including phenoxy) is 2. The van der Waals surface area contributed by atoms with Crippen LogP contribution in [0.25, 0.3) is 0 Å². The van der Waals surface area contributed by atoms with Gasteiger partial charge in [0.2, 0.25) is 5.91 Å². The standard InChI is InChI=1S/C18H18N2O3S/c21-17(13-24-12-14-5-2-1-3-6-14)20-19-11-15-7-4-8-16-18(15)23-10-9-22-16/h1-8,11H,9-10,12-13H2,(H,20,21)/b19-11-. The fourth-order valence-electron chi connectivity index (χ4n) is 2.24. The van der Waals surface area contributed by atoms with Gasteiger partial charge in [0.25, 0.3) is 0 Å². The van der Waals surface area contributed by atoms with Crippen molar-refractivity contribution in [3.63, 3.8) is 0 Å². The molecule has 2 aromatic rings. The van der Waals surface area contributed by atoms with Crippen molar-refractivity contribution in [2.45, 2.75) is 5.75 Å². The molecule has 3 rings (SSSR count). The van der Waals surface area contributed by atoms with Gasteiger partial charge in [-0.2, -0.15) is 5.10 Å². The Balaban J connectivity index is 1.47. The second-order valence-corrected chi connectivity index (χ2v) is 6.13. The molecular weight excluding hydrogens is 324 g/mol. The van der Waals surface area contributed by atoms with Gasteiger partial charge >= 0.3 is 0 Å². The van der Waals surface area contributed by atoms with Crippen molar-refractivity contribution >= 4 is 23.9 Å². The van der Waals surface area contributed by atoms with Gasteiger partial charge in [-0.25, -0.2) is 5.43 Å². The SMILES string of the molecule is O=C(CSCc1ccccc1)N/N=C\c1cccc2c1OCCO2. The summed E-state index contributed by atoms with van der Waals surface area (Å²) in [5.74, 6) is 2.40. The van der Waals surface area contributed by atoms with Gasteiger partial charge in [-0.15, -0.1) is 11.8 Å². The van der Waals surface area contributed by atoms with Crippen molar-refractivity contribution < 1.29 is 14.3 Å². The Labute approximate surface area is 145 Å². The number of benzene rings is 2. The van der Waals surface area contributed by atoms with Gasteiger partial charge in [0.05, 0.1) is 12.0 Å². The molecule has 0 unspecified atom stereocenters. The van der Waals surface area contributed by atoms with Crippen LogP contribution in [0.15, 0.2) is 53.6 Å². The van der Waals surface area contributed by atoms with Crippen molar-refractivity contribution in [3.05, 3.63) is 59.7 Å². The van der Waals surface area contributed by atoms with E-state index in [1.807, 2.05) is 48.5 Å². The lowest BCUT2D eigenvalue weighted by atomic mass is 10.2. The Kier molecular flexibility index (Phi) is 5.74. The molecule has 124 valence electrons. The summed E-state index contributed by atoms with van der Waals surface area (Å²) in [6.07, 6.45) is 1.58. The summed E-state index contributed by atoms with van der Waals surface area (Å²) in [4.78, 5) is 11.8. The van der Waals surface area contributed by atoms with Crippen molar-refractivity contribution in [2.24, 2.45) is 5.10 Å². The quantitative estimate of drug-likeness (QED) is 0.648. The Morgan fingerprint density at radius 1 is 1.12 bits per heavy atom. The molecule has 24 heavy (non-hydrogen) atoms. The molecule has 1 amide bonds. The minimum atomic E-state index is -0.130. The van der Waals surface area contributed by atoms with Gasteiger partial charge in [0, 0.05) is 11.3 Å². The number of carbonyl (C=O) groups excluding carboxylic acids is 1. The number of hydrazone groups is 1. The number of para-hydroxylation sites is 1. The highest BCUT2D eigenvalue weighted by atomic mass is 32.2. The van der Waals surface area contributed by atoms with Crippen LogP contribution in [0, 0.1) is 0 Å². The molecule has 0 aliphatic carbocycles. The van der Waals surface area contributed by atoms with Gasteiger partial charge in [-0.1, -0.05) is 36.4 Å². The molecule has 0 saturated heterocycles. The van der Waals surface area contributed by atoms with Crippen LogP contribution in [-0.4, -0.2) is 31.1 Å². The predicted octanol–water partition coefficient (Wildman–Crippen LogP) is 2.84. The van der Waals surface area contributed by atoms with Crippen molar-refractivity contribution in [2.75, 3.05) is 19.0 Å². The summed E-state index contributed by atoms with van der Waals surface area (Å²) in [5, 5.41) is 4.00. The second kappa shape index (κ2) is 8.40. The molecule has 0 aromatic heterocycles. The number of carbonyl (C=O) groups is 1. The van der Waals surface area contributed by atoms with E-state index in [9.17, 15) is 4.79 Å². The summed E-state index contributed by atoms with van der Waals surface area (Å²) < 4.78 is 11.1. The summed E-state index contributed by atoms with van der Waals surface area (Å²) in [6.45, 7) is 1.06. The van der Waals surface area contributed by atoms with Crippen LogP contribution < -0.4 is 14.9 Å². The van der Waals surface area contributed by atoms with Gasteiger partial charge in [-0.3, -0.25) is 4.79 Å². The first kappa shape index (κ1) is 16.4. The second-order valence-electron chi connectivity index (χ2n) is 5.14. The number of nitrogens with zero attached hydrogens (tertiary/aromatic N) is 1. The minimum Gasteiger partial charge on any atom is -0.486 e. The largest absolute Gasteiger partial charge is 0.486 e. The maximum Gasteiger partial charge on any atom is 0.250 e. The number of fused-ring (bicyclic) bond motifs is 1. The molecule has 1 aliphatic heterocycles. The molecule has 0 atom stereocenters. The highest BCUT2D eigenvalue weighted by molar-refractivity contribution is 7.99. The normalized spacial score (nSPS) is 13.0. The first-order chi connectivity index (χ1) is 11.8. The lowest BCUT2D eigenvalue weighted by molar-refractivity contribution is -0.118. The van der Waals surface area contributed by atoms with Gasteiger partial charge in [0.15, 0.2) is 11.5 Å². The number of hydrogen-bond donors (Lipinski definition) is 1. The van der Waals surface area contributed by atoms with Gasteiger partial charge in [-0.05, 0) is 17.7 Å². The maximum atomic E-state index is 11.8. The molecule has 1 aliphatic rings. The molecule has 1 N–H and O–H groups in total. The smallest absolute Gasteiger partial charge is 0.250 e. The topological polar surface area (TPSA) is 59.9 Å². The third-order valence-electron chi connectivity index (χ3n) is 3.33. The molecule has 2 aromatic carbocycles. The maximum absolute atomic E-state index is 11.8. The first-order valence-electron chi connectivity index (χ1n) is 7.65. The minimum absolute atomic E-state index is 0.130. The van der Waals surface area contributed by atoms with E-state index in [0.717, 1.165) is 11.3 Å². The van der Waals surface area contributed by atoms with E-state index in [0.29, 0.717) is 30.5 Å². The van der Waals surface area contributed by atoms with E-state index in [4.69, 9.17) is 9.47 Å². The summed E-state index contributed by atoms with van der Waals surface area (Å²) >= 11 is 1.55. The lowest BCUT2D eigenvalue weighted by Crippen LogP contribution is -2.20.